The van der Waals surface area contributed by atoms with Gasteiger partial charge in [0.2, 0.25) is 0 Å². The Morgan fingerprint density at radius 3 is 2.31 bits per heavy atom. The fourth-order valence-electron chi connectivity index (χ4n) is 1.93. The highest BCUT2D eigenvalue weighted by Gasteiger charge is 2.27. The molecule has 0 atom stereocenters. The third-order valence-electron chi connectivity index (χ3n) is 2.87. The first-order valence-electron chi connectivity index (χ1n) is 5.53. The number of rotatable bonds is 6. The summed E-state index contributed by atoms with van der Waals surface area (Å²) in [6.45, 7) is 2.23. The molecular weight excluding hydrogens is 351 g/mol. The number of hydrogen-bond acceptors (Lipinski definition) is 0. The van der Waals surface area contributed by atoms with E-state index in [0.717, 1.165) is 22.1 Å². The predicted molar refractivity (Wildman–Crippen MR) is 80.1 cm³/mol. The van der Waals surface area contributed by atoms with Crippen molar-refractivity contribution in [3.63, 3.8) is 0 Å². The van der Waals surface area contributed by atoms with Gasteiger partial charge in [-0.05, 0) is 29.9 Å². The zero-order chi connectivity index (χ0) is 12.0. The minimum absolute atomic E-state index is 0.278. The van der Waals surface area contributed by atoms with Crippen molar-refractivity contribution < 1.29 is 0 Å². The van der Waals surface area contributed by atoms with Gasteiger partial charge in [-0.25, -0.2) is 0 Å². The van der Waals surface area contributed by atoms with Crippen molar-refractivity contribution in [1.82, 2.24) is 0 Å². The summed E-state index contributed by atoms with van der Waals surface area (Å²) in [6, 6.07) is 8.13. The first kappa shape index (κ1) is 14.5. The molecule has 0 aliphatic heterocycles. The number of alkyl halides is 2. The summed E-state index contributed by atoms with van der Waals surface area (Å²) in [4.78, 5) is 0. The van der Waals surface area contributed by atoms with E-state index in [4.69, 9.17) is 11.6 Å². The Morgan fingerprint density at radius 2 is 1.81 bits per heavy atom. The molecule has 1 aromatic rings. The van der Waals surface area contributed by atoms with E-state index in [-0.39, 0.29) is 5.41 Å². The van der Waals surface area contributed by atoms with Crippen LogP contribution >= 0.6 is 43.5 Å². The van der Waals surface area contributed by atoms with Gasteiger partial charge in [0.1, 0.15) is 0 Å². The van der Waals surface area contributed by atoms with Crippen LogP contribution in [0.4, 0.5) is 0 Å². The summed E-state index contributed by atoms with van der Waals surface area (Å²) in [5.41, 5.74) is 1.52. The highest BCUT2D eigenvalue weighted by molar-refractivity contribution is 9.09. The molecule has 3 heteroatoms. The molecule has 0 aliphatic carbocycles. The molecule has 0 heterocycles. The maximum Gasteiger partial charge on any atom is 0.0438 e. The lowest BCUT2D eigenvalue weighted by Crippen LogP contribution is -2.27. The molecule has 1 rings (SSSR count). The van der Waals surface area contributed by atoms with Crippen LogP contribution in [0.1, 0.15) is 25.3 Å². The Balaban J connectivity index is 2.87. The lowest BCUT2D eigenvalue weighted by Gasteiger charge is -2.30. The smallest absolute Gasteiger partial charge is 0.0438 e. The first-order chi connectivity index (χ1) is 7.67. The molecule has 0 unspecified atom stereocenters. The summed E-state index contributed by atoms with van der Waals surface area (Å²) >= 11 is 13.5. The predicted octanol–water partition coefficient (Wildman–Crippen LogP) is 5.46. The zero-order valence-corrected chi connectivity index (χ0v) is 13.4. The summed E-state index contributed by atoms with van der Waals surface area (Å²) in [5.74, 6) is 0. The van der Waals surface area contributed by atoms with E-state index in [9.17, 15) is 0 Å². The highest BCUT2D eigenvalue weighted by Crippen LogP contribution is 2.34. The molecule has 0 amide bonds. The Morgan fingerprint density at radius 1 is 1.19 bits per heavy atom. The van der Waals surface area contributed by atoms with Crippen LogP contribution in [0.3, 0.4) is 0 Å². The zero-order valence-electron chi connectivity index (χ0n) is 9.48. The molecule has 90 valence electrons. The molecule has 1 aromatic carbocycles. The van der Waals surface area contributed by atoms with Gasteiger partial charge in [-0.15, -0.1) is 0 Å². The molecule has 0 bridgehead atoms. The number of halogens is 3. The molecule has 0 radical (unpaired) electrons. The lowest BCUT2D eigenvalue weighted by molar-refractivity contribution is 0.352. The van der Waals surface area contributed by atoms with Gasteiger partial charge in [-0.1, -0.05) is 75.0 Å². The minimum Gasteiger partial charge on any atom is -0.0922 e. The van der Waals surface area contributed by atoms with Crippen LogP contribution in [0.15, 0.2) is 24.3 Å². The van der Waals surface area contributed by atoms with Crippen molar-refractivity contribution in [2.45, 2.75) is 26.2 Å². The van der Waals surface area contributed by atoms with Crippen LogP contribution in [-0.2, 0) is 6.42 Å². The molecule has 0 saturated carbocycles. The fraction of sp³-hybridized carbons (Fsp3) is 0.538. The quantitative estimate of drug-likeness (QED) is 0.585. The van der Waals surface area contributed by atoms with E-state index in [1.165, 1.54) is 18.4 Å². The van der Waals surface area contributed by atoms with Gasteiger partial charge < -0.3 is 0 Å². The van der Waals surface area contributed by atoms with E-state index >= 15 is 0 Å². The third kappa shape index (κ3) is 3.75. The normalized spacial score (nSPS) is 11.8. The summed E-state index contributed by atoms with van der Waals surface area (Å²) < 4.78 is 0. The second-order valence-corrected chi connectivity index (χ2v) is 5.81. The van der Waals surface area contributed by atoms with Gasteiger partial charge >= 0.3 is 0 Å². The van der Waals surface area contributed by atoms with Crippen LogP contribution in [-0.4, -0.2) is 10.7 Å². The Bertz CT molecular complexity index is 321. The second-order valence-electron chi connectivity index (χ2n) is 4.29. The first-order valence-corrected chi connectivity index (χ1v) is 8.15. The maximum atomic E-state index is 6.21. The van der Waals surface area contributed by atoms with E-state index in [0.29, 0.717) is 0 Å². The van der Waals surface area contributed by atoms with E-state index in [1.54, 1.807) is 0 Å². The molecule has 0 spiro atoms. The third-order valence-corrected chi connectivity index (χ3v) is 5.62. The van der Waals surface area contributed by atoms with Crippen molar-refractivity contribution in [3.8, 4) is 0 Å². The van der Waals surface area contributed by atoms with Crippen LogP contribution in [0.25, 0.3) is 0 Å². The largest absolute Gasteiger partial charge is 0.0922 e. The molecule has 0 N–H and O–H groups in total. The Kier molecular flexibility index (Phi) is 6.38. The van der Waals surface area contributed by atoms with Gasteiger partial charge in [0.25, 0.3) is 0 Å². The Hall–Kier alpha value is 0.470. The summed E-state index contributed by atoms with van der Waals surface area (Å²) in [7, 11) is 0. The second kappa shape index (κ2) is 7.03. The van der Waals surface area contributed by atoms with E-state index < -0.39 is 0 Å². The molecule has 16 heavy (non-hydrogen) atoms. The van der Waals surface area contributed by atoms with Crippen LogP contribution in [0, 0.1) is 5.41 Å². The van der Waals surface area contributed by atoms with Crippen molar-refractivity contribution in [2.75, 3.05) is 10.7 Å². The highest BCUT2D eigenvalue weighted by atomic mass is 79.9. The molecule has 0 aliphatic rings. The molecule has 0 fully saturated rings. The Labute approximate surface area is 120 Å². The van der Waals surface area contributed by atoms with Gasteiger partial charge in [0.15, 0.2) is 0 Å². The average molecular weight is 369 g/mol. The lowest BCUT2D eigenvalue weighted by atomic mass is 9.81. The maximum absolute atomic E-state index is 6.21. The molecule has 0 aromatic heterocycles. The fourth-order valence-corrected chi connectivity index (χ4v) is 4.02. The van der Waals surface area contributed by atoms with Crippen molar-refractivity contribution >= 4 is 43.5 Å². The van der Waals surface area contributed by atoms with Gasteiger partial charge in [-0.2, -0.15) is 0 Å². The number of benzene rings is 1. The van der Waals surface area contributed by atoms with Gasteiger partial charge in [0, 0.05) is 15.7 Å². The standard InChI is InChI=1S/C13H17Br2Cl/c1-2-7-13(9-14,10-15)8-11-5-3-4-6-12(11)16/h3-6H,2,7-10H2,1H3. The summed E-state index contributed by atoms with van der Waals surface area (Å²) in [5, 5.41) is 2.89. The topological polar surface area (TPSA) is 0 Å². The molecule has 0 nitrogen and oxygen atoms in total. The molecule has 0 saturated heterocycles. The SMILES string of the molecule is CCCC(CBr)(CBr)Cc1ccccc1Cl. The molecular formula is C13H17Br2Cl. The van der Waals surface area contributed by atoms with Gasteiger partial charge in [0.05, 0.1) is 0 Å². The van der Waals surface area contributed by atoms with Crippen molar-refractivity contribution in [1.29, 1.82) is 0 Å². The average Bonchev–Trinajstić information content (AvgIpc) is 2.31. The van der Waals surface area contributed by atoms with Crippen LogP contribution < -0.4 is 0 Å². The minimum atomic E-state index is 0.278. The van der Waals surface area contributed by atoms with Gasteiger partial charge in [-0.3, -0.25) is 0 Å². The van der Waals surface area contributed by atoms with Crippen molar-refractivity contribution in [2.24, 2.45) is 5.41 Å². The van der Waals surface area contributed by atoms with E-state index in [2.05, 4.69) is 50.9 Å². The monoisotopic (exact) mass is 366 g/mol. The van der Waals surface area contributed by atoms with Crippen molar-refractivity contribution in [3.05, 3.63) is 34.9 Å². The number of hydrogen-bond donors (Lipinski definition) is 0. The summed E-state index contributed by atoms with van der Waals surface area (Å²) in [6.07, 6.45) is 3.42. The van der Waals surface area contributed by atoms with Crippen LogP contribution in [0.5, 0.6) is 0 Å². The van der Waals surface area contributed by atoms with Crippen LogP contribution in [0.2, 0.25) is 5.02 Å². The van der Waals surface area contributed by atoms with E-state index in [1.807, 2.05) is 12.1 Å².